The SMILES string of the molecule is C=C(C)[C@@H]1CC[C@]2(CO)CC[C@]3(C)[C@H](CC[C@@H]4[C@@]5(C)CC[C@@H](O)C(C)(C)[C@@H]5CC[C@]43C)[C@@H]12. The first-order valence-electron chi connectivity index (χ1n) is 13.8. The van der Waals surface area contributed by atoms with Crippen molar-refractivity contribution in [2.24, 2.45) is 56.7 Å². The Hall–Kier alpha value is -0.340. The van der Waals surface area contributed by atoms with Gasteiger partial charge >= 0.3 is 0 Å². The summed E-state index contributed by atoms with van der Waals surface area (Å²) in [5.74, 6) is 3.33. The van der Waals surface area contributed by atoms with Crippen molar-refractivity contribution in [2.75, 3.05) is 6.61 Å². The lowest BCUT2D eigenvalue weighted by Crippen LogP contribution is -2.66. The van der Waals surface area contributed by atoms with Crippen molar-refractivity contribution < 1.29 is 10.2 Å². The van der Waals surface area contributed by atoms with Crippen molar-refractivity contribution in [1.29, 1.82) is 0 Å². The Kier molecular flexibility index (Phi) is 5.19. The van der Waals surface area contributed by atoms with Crippen LogP contribution in [0.15, 0.2) is 12.2 Å². The minimum Gasteiger partial charge on any atom is -0.396 e. The Labute approximate surface area is 197 Å². The highest BCUT2D eigenvalue weighted by Crippen LogP contribution is 2.77. The van der Waals surface area contributed by atoms with E-state index in [1.54, 1.807) is 0 Å². The van der Waals surface area contributed by atoms with Gasteiger partial charge in [0.1, 0.15) is 0 Å². The molecule has 5 rings (SSSR count). The van der Waals surface area contributed by atoms with Gasteiger partial charge in [-0.2, -0.15) is 0 Å². The van der Waals surface area contributed by atoms with Crippen molar-refractivity contribution in [2.45, 2.75) is 112 Å². The van der Waals surface area contributed by atoms with Crippen LogP contribution in [0.4, 0.5) is 0 Å². The van der Waals surface area contributed by atoms with E-state index < -0.39 is 0 Å². The standard InChI is InChI=1S/C30H50O2/c1-19(2)20-10-15-30(18-31)17-16-28(6)21(25(20)30)8-9-23-27(5)13-12-24(32)26(3,4)22(27)11-14-29(23,28)7/h20-25,31-32H,1,8-18H2,2-7H3/t20-,21+,22-,23+,24+,25+,27-,28+,29+,30+/m0/s1. The average Bonchev–Trinajstić information content (AvgIpc) is 3.12. The van der Waals surface area contributed by atoms with Crippen LogP contribution in [-0.4, -0.2) is 22.9 Å². The van der Waals surface area contributed by atoms with Gasteiger partial charge in [0.05, 0.1) is 6.10 Å². The van der Waals surface area contributed by atoms with Crippen LogP contribution < -0.4 is 0 Å². The quantitative estimate of drug-likeness (QED) is 0.452. The Morgan fingerprint density at radius 1 is 0.812 bits per heavy atom. The minimum absolute atomic E-state index is 0.0290. The second kappa shape index (κ2) is 7.09. The summed E-state index contributed by atoms with van der Waals surface area (Å²) < 4.78 is 0. The van der Waals surface area contributed by atoms with Gasteiger partial charge in [0.15, 0.2) is 0 Å². The van der Waals surface area contributed by atoms with Gasteiger partial charge in [0, 0.05) is 6.61 Å². The second-order valence-corrected chi connectivity index (χ2v) is 14.6. The first kappa shape index (κ1) is 23.4. The fraction of sp³-hybridized carbons (Fsp3) is 0.933. The molecule has 10 atom stereocenters. The Morgan fingerprint density at radius 2 is 1.53 bits per heavy atom. The monoisotopic (exact) mass is 442 g/mol. The van der Waals surface area contributed by atoms with Crippen molar-refractivity contribution in [3.8, 4) is 0 Å². The maximum atomic E-state index is 10.9. The smallest absolute Gasteiger partial charge is 0.0594 e. The molecule has 0 aromatic carbocycles. The van der Waals surface area contributed by atoms with E-state index in [0.717, 1.165) is 18.3 Å². The van der Waals surface area contributed by atoms with Gasteiger partial charge in [0.25, 0.3) is 0 Å². The molecule has 0 aromatic rings. The number of hydrogen-bond acceptors (Lipinski definition) is 2. The summed E-state index contributed by atoms with van der Waals surface area (Å²) in [4.78, 5) is 0. The predicted molar refractivity (Wildman–Crippen MR) is 132 cm³/mol. The zero-order chi connectivity index (χ0) is 23.3. The predicted octanol–water partition coefficient (Wildman–Crippen LogP) is 7.00. The molecule has 0 aromatic heterocycles. The molecule has 2 heteroatoms. The van der Waals surface area contributed by atoms with Crippen LogP contribution in [0.2, 0.25) is 0 Å². The van der Waals surface area contributed by atoms with E-state index >= 15 is 0 Å². The average molecular weight is 443 g/mol. The van der Waals surface area contributed by atoms with E-state index in [4.69, 9.17) is 0 Å². The number of allylic oxidation sites excluding steroid dienone is 1. The molecule has 32 heavy (non-hydrogen) atoms. The fourth-order valence-corrected chi connectivity index (χ4v) is 11.5. The summed E-state index contributed by atoms with van der Waals surface area (Å²) in [5, 5.41) is 21.5. The summed E-state index contributed by atoms with van der Waals surface area (Å²) >= 11 is 0. The highest BCUT2D eigenvalue weighted by molar-refractivity contribution is 5.21. The van der Waals surface area contributed by atoms with Crippen molar-refractivity contribution in [3.05, 3.63) is 12.2 Å². The molecule has 0 radical (unpaired) electrons. The summed E-state index contributed by atoms with van der Waals surface area (Å²) in [6.07, 6.45) is 12.2. The molecule has 5 fully saturated rings. The molecule has 2 N–H and O–H groups in total. The highest BCUT2D eigenvalue weighted by Gasteiger charge is 2.70. The first-order chi connectivity index (χ1) is 14.9. The molecule has 5 aliphatic rings. The van der Waals surface area contributed by atoms with E-state index in [9.17, 15) is 10.2 Å². The second-order valence-electron chi connectivity index (χ2n) is 14.6. The van der Waals surface area contributed by atoms with Crippen LogP contribution in [0.1, 0.15) is 106 Å². The molecule has 5 aliphatic carbocycles. The Balaban J connectivity index is 1.55. The van der Waals surface area contributed by atoms with Crippen LogP contribution in [0.5, 0.6) is 0 Å². The molecule has 0 saturated heterocycles. The lowest BCUT2D eigenvalue weighted by atomic mass is 9.32. The highest BCUT2D eigenvalue weighted by atomic mass is 16.3. The normalized spacial score (nSPS) is 56.5. The molecule has 0 amide bonds. The van der Waals surface area contributed by atoms with Crippen molar-refractivity contribution in [3.63, 3.8) is 0 Å². The van der Waals surface area contributed by atoms with E-state index in [0.29, 0.717) is 40.6 Å². The topological polar surface area (TPSA) is 40.5 Å². The van der Waals surface area contributed by atoms with E-state index in [-0.39, 0.29) is 16.9 Å². The largest absolute Gasteiger partial charge is 0.396 e. The molecule has 0 bridgehead atoms. The molecular formula is C30H50O2. The fourth-order valence-electron chi connectivity index (χ4n) is 11.5. The molecule has 182 valence electrons. The third-order valence-corrected chi connectivity index (χ3v) is 13.5. The van der Waals surface area contributed by atoms with Crippen LogP contribution in [0.3, 0.4) is 0 Å². The third kappa shape index (κ3) is 2.66. The first-order valence-corrected chi connectivity index (χ1v) is 13.8. The summed E-state index contributed by atoms with van der Waals surface area (Å²) in [6, 6.07) is 0. The molecular weight excluding hydrogens is 392 g/mol. The Bertz CT molecular complexity index is 786. The van der Waals surface area contributed by atoms with Gasteiger partial charge < -0.3 is 10.2 Å². The van der Waals surface area contributed by atoms with Crippen molar-refractivity contribution >= 4 is 0 Å². The molecule has 0 spiro atoms. The van der Waals surface area contributed by atoms with Gasteiger partial charge in [-0.3, -0.25) is 0 Å². The van der Waals surface area contributed by atoms with Gasteiger partial charge in [-0.05, 0) is 128 Å². The van der Waals surface area contributed by atoms with E-state index in [1.807, 2.05) is 0 Å². The maximum absolute atomic E-state index is 10.9. The van der Waals surface area contributed by atoms with Gasteiger partial charge in [0.2, 0.25) is 0 Å². The zero-order valence-corrected chi connectivity index (χ0v) is 21.8. The lowest BCUT2D eigenvalue weighted by Gasteiger charge is -2.73. The number of aliphatic hydroxyl groups excluding tert-OH is 2. The zero-order valence-electron chi connectivity index (χ0n) is 21.8. The maximum Gasteiger partial charge on any atom is 0.0594 e. The molecule has 0 unspecified atom stereocenters. The van der Waals surface area contributed by atoms with Crippen LogP contribution in [-0.2, 0) is 0 Å². The lowest BCUT2D eigenvalue weighted by molar-refractivity contribution is -0.249. The van der Waals surface area contributed by atoms with Crippen LogP contribution in [0.25, 0.3) is 0 Å². The Morgan fingerprint density at radius 3 is 2.19 bits per heavy atom. The number of aliphatic hydroxyl groups is 2. The molecule has 5 saturated carbocycles. The summed E-state index contributed by atoms with van der Waals surface area (Å²) in [7, 11) is 0. The van der Waals surface area contributed by atoms with E-state index in [1.165, 1.54) is 63.4 Å². The van der Waals surface area contributed by atoms with Crippen molar-refractivity contribution in [1.82, 2.24) is 0 Å². The summed E-state index contributed by atoms with van der Waals surface area (Å²) in [5.41, 5.74) is 2.60. The summed E-state index contributed by atoms with van der Waals surface area (Å²) in [6.45, 7) is 19.7. The molecule has 0 aliphatic heterocycles. The van der Waals surface area contributed by atoms with Gasteiger partial charge in [-0.1, -0.05) is 46.8 Å². The van der Waals surface area contributed by atoms with Crippen LogP contribution >= 0.6 is 0 Å². The van der Waals surface area contributed by atoms with E-state index in [2.05, 4.69) is 48.1 Å². The third-order valence-electron chi connectivity index (χ3n) is 13.5. The molecule has 2 nitrogen and oxygen atoms in total. The molecule has 0 heterocycles. The number of hydrogen-bond donors (Lipinski definition) is 2. The van der Waals surface area contributed by atoms with Gasteiger partial charge in [-0.15, -0.1) is 0 Å². The number of rotatable bonds is 2. The number of fused-ring (bicyclic) bond motifs is 7. The van der Waals surface area contributed by atoms with Gasteiger partial charge in [-0.25, -0.2) is 0 Å². The van der Waals surface area contributed by atoms with Crippen LogP contribution in [0, 0.1) is 56.7 Å². The minimum atomic E-state index is -0.147.